The molecule has 7 heteroatoms. The molecule has 1 fully saturated rings. The molecule has 1 atom stereocenters. The molecular formula is C18H22N4O3. The summed E-state index contributed by atoms with van der Waals surface area (Å²) in [4.78, 5) is 22.7. The topological polar surface area (TPSA) is 76.6 Å². The lowest BCUT2D eigenvalue weighted by molar-refractivity contribution is -0.123. The van der Waals surface area contributed by atoms with E-state index in [-0.39, 0.29) is 18.6 Å². The molecule has 1 aliphatic heterocycles. The number of amides is 1. The van der Waals surface area contributed by atoms with Crippen LogP contribution in [0.1, 0.15) is 12.0 Å². The number of aromatic nitrogens is 2. The highest BCUT2D eigenvalue weighted by atomic mass is 16.5. The maximum absolute atomic E-state index is 12.1. The highest BCUT2D eigenvalue weighted by molar-refractivity contribution is 5.78. The number of carbonyl (C=O) groups excluding carboxylic acids is 1. The SMILES string of the molecule is COc1nccnc1N1CCC(NC(=O)COc2ccc(C)cc2)C1. The van der Waals surface area contributed by atoms with Gasteiger partial charge in [0.15, 0.2) is 12.4 Å². The third kappa shape index (κ3) is 4.37. The van der Waals surface area contributed by atoms with Gasteiger partial charge in [0.1, 0.15) is 5.75 Å². The number of ether oxygens (including phenoxy) is 2. The average Bonchev–Trinajstić information content (AvgIpc) is 3.09. The van der Waals surface area contributed by atoms with Crippen molar-refractivity contribution in [1.82, 2.24) is 15.3 Å². The maximum Gasteiger partial charge on any atom is 0.258 e. The van der Waals surface area contributed by atoms with Gasteiger partial charge in [0, 0.05) is 31.5 Å². The van der Waals surface area contributed by atoms with Crippen molar-refractivity contribution in [2.24, 2.45) is 0 Å². The fourth-order valence-corrected chi connectivity index (χ4v) is 2.80. The van der Waals surface area contributed by atoms with E-state index in [1.807, 2.05) is 31.2 Å². The van der Waals surface area contributed by atoms with Crippen LogP contribution in [0.25, 0.3) is 0 Å². The predicted octanol–water partition coefficient (Wildman–Crippen LogP) is 1.57. The van der Waals surface area contributed by atoms with Gasteiger partial charge in [-0.1, -0.05) is 17.7 Å². The molecule has 25 heavy (non-hydrogen) atoms. The summed E-state index contributed by atoms with van der Waals surface area (Å²) < 4.78 is 10.8. The van der Waals surface area contributed by atoms with Crippen molar-refractivity contribution < 1.29 is 14.3 Å². The summed E-state index contributed by atoms with van der Waals surface area (Å²) in [6.07, 6.45) is 4.08. The van der Waals surface area contributed by atoms with Crippen molar-refractivity contribution in [3.8, 4) is 11.6 Å². The Kier molecular flexibility index (Phi) is 5.33. The number of hydrogen-bond donors (Lipinski definition) is 1. The standard InChI is InChI=1S/C18H22N4O3/c1-13-3-5-15(6-4-13)25-12-16(23)21-14-7-10-22(11-14)17-18(24-2)20-9-8-19-17/h3-6,8-9,14H,7,10-12H2,1-2H3,(H,21,23). The Morgan fingerprint density at radius 3 is 2.80 bits per heavy atom. The van der Waals surface area contributed by atoms with Gasteiger partial charge in [-0.25, -0.2) is 9.97 Å². The van der Waals surface area contributed by atoms with Crippen LogP contribution in [0.5, 0.6) is 11.6 Å². The van der Waals surface area contributed by atoms with Gasteiger partial charge in [-0.05, 0) is 25.5 Å². The van der Waals surface area contributed by atoms with E-state index in [9.17, 15) is 4.79 Å². The molecule has 0 spiro atoms. The van der Waals surface area contributed by atoms with E-state index in [1.54, 1.807) is 19.5 Å². The van der Waals surface area contributed by atoms with E-state index in [0.29, 0.717) is 24.0 Å². The van der Waals surface area contributed by atoms with Crippen molar-refractivity contribution in [2.75, 3.05) is 31.7 Å². The Morgan fingerprint density at radius 1 is 1.28 bits per heavy atom. The van der Waals surface area contributed by atoms with Gasteiger partial charge in [-0.2, -0.15) is 0 Å². The third-order valence-electron chi connectivity index (χ3n) is 4.08. The summed E-state index contributed by atoms with van der Waals surface area (Å²) in [6.45, 7) is 3.48. The molecular weight excluding hydrogens is 320 g/mol. The summed E-state index contributed by atoms with van der Waals surface area (Å²) in [5.41, 5.74) is 1.15. The lowest BCUT2D eigenvalue weighted by Gasteiger charge is -2.19. The van der Waals surface area contributed by atoms with E-state index >= 15 is 0 Å². The molecule has 0 saturated carbocycles. The van der Waals surface area contributed by atoms with Crippen molar-refractivity contribution in [1.29, 1.82) is 0 Å². The quantitative estimate of drug-likeness (QED) is 0.859. The molecule has 2 heterocycles. The van der Waals surface area contributed by atoms with Crippen LogP contribution >= 0.6 is 0 Å². The third-order valence-corrected chi connectivity index (χ3v) is 4.08. The Balaban J connectivity index is 1.49. The lowest BCUT2D eigenvalue weighted by atomic mass is 10.2. The average molecular weight is 342 g/mol. The molecule has 1 N–H and O–H groups in total. The van der Waals surface area contributed by atoms with E-state index < -0.39 is 0 Å². The first kappa shape index (κ1) is 17.0. The van der Waals surface area contributed by atoms with Crippen LogP contribution in [-0.2, 0) is 4.79 Å². The number of hydrogen-bond acceptors (Lipinski definition) is 6. The molecule has 2 aromatic rings. The molecule has 0 radical (unpaired) electrons. The monoisotopic (exact) mass is 342 g/mol. The predicted molar refractivity (Wildman–Crippen MR) is 94.0 cm³/mol. The molecule has 132 valence electrons. The van der Waals surface area contributed by atoms with E-state index in [0.717, 1.165) is 18.5 Å². The summed E-state index contributed by atoms with van der Waals surface area (Å²) >= 11 is 0. The maximum atomic E-state index is 12.1. The van der Waals surface area contributed by atoms with Crippen molar-refractivity contribution >= 4 is 11.7 Å². The van der Waals surface area contributed by atoms with Gasteiger partial charge in [0.25, 0.3) is 11.8 Å². The molecule has 3 rings (SSSR count). The summed E-state index contributed by atoms with van der Waals surface area (Å²) in [5, 5.41) is 3.00. The van der Waals surface area contributed by atoms with Crippen LogP contribution < -0.4 is 19.7 Å². The highest BCUT2D eigenvalue weighted by Gasteiger charge is 2.27. The number of rotatable bonds is 6. The Bertz CT molecular complexity index is 721. The molecule has 1 aromatic heterocycles. The number of nitrogens with zero attached hydrogens (tertiary/aromatic N) is 3. The van der Waals surface area contributed by atoms with Crippen LogP contribution in [0.3, 0.4) is 0 Å². The van der Waals surface area contributed by atoms with Gasteiger partial charge < -0.3 is 19.7 Å². The van der Waals surface area contributed by atoms with Gasteiger partial charge >= 0.3 is 0 Å². The number of methoxy groups -OCH3 is 1. The van der Waals surface area contributed by atoms with Crippen LogP contribution in [0, 0.1) is 6.92 Å². The van der Waals surface area contributed by atoms with Crippen LogP contribution in [0.4, 0.5) is 5.82 Å². The normalized spacial score (nSPS) is 16.6. The zero-order chi connectivity index (χ0) is 17.6. The molecule has 0 bridgehead atoms. The van der Waals surface area contributed by atoms with E-state index in [1.165, 1.54) is 0 Å². The first-order chi connectivity index (χ1) is 12.2. The molecule has 1 aliphatic rings. The largest absolute Gasteiger partial charge is 0.484 e. The first-order valence-electron chi connectivity index (χ1n) is 8.24. The minimum Gasteiger partial charge on any atom is -0.484 e. The van der Waals surface area contributed by atoms with Gasteiger partial charge in [-0.3, -0.25) is 4.79 Å². The molecule has 0 aliphatic carbocycles. The molecule has 1 aromatic carbocycles. The fourth-order valence-electron chi connectivity index (χ4n) is 2.80. The van der Waals surface area contributed by atoms with Gasteiger partial charge in [0.05, 0.1) is 7.11 Å². The molecule has 7 nitrogen and oxygen atoms in total. The number of anilines is 1. The van der Waals surface area contributed by atoms with Gasteiger partial charge in [0.2, 0.25) is 0 Å². The molecule has 1 unspecified atom stereocenters. The number of carbonyl (C=O) groups is 1. The zero-order valence-corrected chi connectivity index (χ0v) is 14.4. The summed E-state index contributed by atoms with van der Waals surface area (Å²) in [5.74, 6) is 1.77. The zero-order valence-electron chi connectivity index (χ0n) is 14.4. The summed E-state index contributed by atoms with van der Waals surface area (Å²) in [6, 6.07) is 7.69. The smallest absolute Gasteiger partial charge is 0.258 e. The fraction of sp³-hybridized carbons (Fsp3) is 0.389. The Morgan fingerprint density at radius 2 is 2.04 bits per heavy atom. The minimum atomic E-state index is -0.126. The van der Waals surface area contributed by atoms with Crippen molar-refractivity contribution in [3.63, 3.8) is 0 Å². The Hall–Kier alpha value is -2.83. The molecule has 1 saturated heterocycles. The van der Waals surface area contributed by atoms with Gasteiger partial charge in [-0.15, -0.1) is 0 Å². The first-order valence-corrected chi connectivity index (χ1v) is 8.24. The summed E-state index contributed by atoms with van der Waals surface area (Å²) in [7, 11) is 1.57. The second-order valence-corrected chi connectivity index (χ2v) is 5.99. The second-order valence-electron chi connectivity index (χ2n) is 5.99. The minimum absolute atomic E-state index is 0.00796. The van der Waals surface area contributed by atoms with Crippen LogP contribution in [-0.4, -0.2) is 48.7 Å². The number of aryl methyl sites for hydroxylation is 1. The Labute approximate surface area is 147 Å². The second kappa shape index (κ2) is 7.83. The number of nitrogens with one attached hydrogen (secondary N) is 1. The number of benzene rings is 1. The van der Waals surface area contributed by atoms with Crippen LogP contribution in [0.15, 0.2) is 36.7 Å². The highest BCUT2D eigenvalue weighted by Crippen LogP contribution is 2.25. The van der Waals surface area contributed by atoms with Crippen molar-refractivity contribution in [3.05, 3.63) is 42.2 Å². The van der Waals surface area contributed by atoms with Crippen molar-refractivity contribution in [2.45, 2.75) is 19.4 Å². The lowest BCUT2D eigenvalue weighted by Crippen LogP contribution is -2.39. The van der Waals surface area contributed by atoms with E-state index in [2.05, 4.69) is 20.2 Å². The van der Waals surface area contributed by atoms with E-state index in [4.69, 9.17) is 9.47 Å². The molecule has 1 amide bonds. The van der Waals surface area contributed by atoms with Crippen LogP contribution in [0.2, 0.25) is 0 Å².